The average Bonchev–Trinajstić information content (AvgIpc) is 2.69. The molecule has 1 unspecified atom stereocenters. The van der Waals surface area contributed by atoms with Crippen LogP contribution in [0.15, 0.2) is 17.5 Å². The Kier molecular flexibility index (Phi) is 4.96. The van der Waals surface area contributed by atoms with Crippen molar-refractivity contribution in [3.63, 3.8) is 0 Å². The van der Waals surface area contributed by atoms with Crippen LogP contribution in [0.4, 0.5) is 4.79 Å². The molecule has 0 bridgehead atoms. The molecule has 2 N–H and O–H groups in total. The largest absolute Gasteiger partial charge is 0.444 e. The van der Waals surface area contributed by atoms with Crippen LogP contribution in [0.25, 0.3) is 0 Å². The molecule has 17 heavy (non-hydrogen) atoms. The van der Waals surface area contributed by atoms with Gasteiger partial charge in [-0.25, -0.2) is 4.79 Å². The summed E-state index contributed by atoms with van der Waals surface area (Å²) in [5, 5.41) is 7.95. The lowest BCUT2D eigenvalue weighted by Crippen LogP contribution is -2.37. The van der Waals surface area contributed by atoms with Crippen LogP contribution < -0.4 is 10.6 Å². The quantitative estimate of drug-likeness (QED) is 0.870. The summed E-state index contributed by atoms with van der Waals surface area (Å²) >= 11 is 1.67. The van der Waals surface area contributed by atoms with Crippen LogP contribution in [0.5, 0.6) is 0 Å². The van der Waals surface area contributed by atoms with E-state index < -0.39 is 5.60 Å². The number of rotatable bonds is 4. The first kappa shape index (κ1) is 14.0. The Hall–Kier alpha value is -1.07. The zero-order valence-electron chi connectivity index (χ0n) is 10.7. The smallest absolute Gasteiger partial charge is 0.407 e. The molecule has 0 aliphatic rings. The number of alkyl carbamates (subject to hydrolysis) is 1. The van der Waals surface area contributed by atoms with Gasteiger partial charge in [-0.3, -0.25) is 0 Å². The minimum atomic E-state index is -0.456. The third-order valence-electron chi connectivity index (χ3n) is 2.08. The van der Waals surface area contributed by atoms with E-state index in [1.807, 2.05) is 45.3 Å². The van der Waals surface area contributed by atoms with Gasteiger partial charge in [0.2, 0.25) is 0 Å². The van der Waals surface area contributed by atoms with Gasteiger partial charge < -0.3 is 15.4 Å². The van der Waals surface area contributed by atoms with E-state index in [0.717, 1.165) is 0 Å². The Labute approximate surface area is 106 Å². The molecule has 1 amide bonds. The lowest BCUT2D eigenvalue weighted by Gasteiger charge is -2.21. The fraction of sp³-hybridized carbons (Fsp3) is 0.583. The second-order valence-electron chi connectivity index (χ2n) is 4.74. The Morgan fingerprint density at radius 2 is 2.24 bits per heavy atom. The lowest BCUT2D eigenvalue weighted by atomic mass is 10.2. The van der Waals surface area contributed by atoms with Crippen LogP contribution >= 0.6 is 11.3 Å². The summed E-state index contributed by atoms with van der Waals surface area (Å²) in [7, 11) is 1.88. The number of carbonyl (C=O) groups is 1. The molecule has 1 atom stereocenters. The topological polar surface area (TPSA) is 50.4 Å². The molecular weight excluding hydrogens is 236 g/mol. The standard InChI is InChI=1S/C12H20N2O2S/c1-12(2,3)16-11(15)14-8-9(13-4)10-6-5-7-17-10/h5-7,9,13H,8H2,1-4H3,(H,14,15). The van der Waals surface area contributed by atoms with Crippen molar-refractivity contribution in [3.05, 3.63) is 22.4 Å². The molecule has 0 saturated carbocycles. The molecular formula is C12H20N2O2S. The van der Waals surface area contributed by atoms with Gasteiger partial charge in [-0.15, -0.1) is 11.3 Å². The zero-order valence-corrected chi connectivity index (χ0v) is 11.6. The summed E-state index contributed by atoms with van der Waals surface area (Å²) in [5.41, 5.74) is -0.456. The molecule has 0 aliphatic carbocycles. The van der Waals surface area contributed by atoms with E-state index in [1.54, 1.807) is 11.3 Å². The number of amides is 1. The van der Waals surface area contributed by atoms with Gasteiger partial charge in [-0.1, -0.05) is 6.07 Å². The molecule has 1 aromatic rings. The fourth-order valence-electron chi connectivity index (χ4n) is 1.33. The van der Waals surface area contributed by atoms with Crippen LogP contribution in [0, 0.1) is 0 Å². The van der Waals surface area contributed by atoms with Gasteiger partial charge in [-0.2, -0.15) is 0 Å². The van der Waals surface area contributed by atoms with E-state index in [0.29, 0.717) is 6.54 Å². The first-order valence-electron chi connectivity index (χ1n) is 5.60. The number of likely N-dealkylation sites (N-methyl/N-ethyl adjacent to an activating group) is 1. The Bertz CT molecular complexity index is 344. The van der Waals surface area contributed by atoms with Crippen molar-refractivity contribution in [1.82, 2.24) is 10.6 Å². The van der Waals surface area contributed by atoms with E-state index >= 15 is 0 Å². The molecule has 5 heteroatoms. The number of nitrogens with one attached hydrogen (secondary N) is 2. The minimum Gasteiger partial charge on any atom is -0.444 e. The molecule has 1 heterocycles. The molecule has 0 aliphatic heterocycles. The predicted octanol–water partition coefficient (Wildman–Crippen LogP) is 2.53. The normalized spacial score (nSPS) is 13.2. The van der Waals surface area contributed by atoms with Gasteiger partial charge in [0.25, 0.3) is 0 Å². The van der Waals surface area contributed by atoms with Gasteiger partial charge in [0.1, 0.15) is 5.60 Å². The van der Waals surface area contributed by atoms with Crippen molar-refractivity contribution in [1.29, 1.82) is 0 Å². The maximum Gasteiger partial charge on any atom is 0.407 e. The first-order chi connectivity index (χ1) is 7.92. The summed E-state index contributed by atoms with van der Waals surface area (Å²) in [6.45, 7) is 6.07. The molecule has 4 nitrogen and oxygen atoms in total. The molecule has 0 spiro atoms. The zero-order chi connectivity index (χ0) is 12.9. The van der Waals surface area contributed by atoms with E-state index in [9.17, 15) is 4.79 Å². The summed E-state index contributed by atoms with van der Waals surface area (Å²) < 4.78 is 5.18. The van der Waals surface area contributed by atoms with Crippen molar-refractivity contribution in [2.24, 2.45) is 0 Å². The summed E-state index contributed by atoms with van der Waals surface area (Å²) in [6, 6.07) is 4.17. The third-order valence-corrected chi connectivity index (χ3v) is 3.07. The number of ether oxygens (including phenoxy) is 1. The number of hydrogen-bond donors (Lipinski definition) is 2. The molecule has 96 valence electrons. The highest BCUT2D eigenvalue weighted by Crippen LogP contribution is 2.17. The summed E-state index contributed by atoms with van der Waals surface area (Å²) in [5.74, 6) is 0. The monoisotopic (exact) mass is 256 g/mol. The van der Waals surface area contributed by atoms with Gasteiger partial charge in [0.15, 0.2) is 0 Å². The Balaban J connectivity index is 2.41. The molecule has 0 saturated heterocycles. The number of thiophene rings is 1. The van der Waals surface area contributed by atoms with Crippen molar-refractivity contribution >= 4 is 17.4 Å². The third kappa shape index (κ3) is 5.19. The van der Waals surface area contributed by atoms with Gasteiger partial charge in [0, 0.05) is 11.4 Å². The van der Waals surface area contributed by atoms with Crippen LogP contribution in [0.2, 0.25) is 0 Å². The minimum absolute atomic E-state index is 0.127. The summed E-state index contributed by atoms with van der Waals surface area (Å²) in [6.07, 6.45) is -0.380. The molecule has 1 aromatic heterocycles. The maximum absolute atomic E-state index is 11.5. The van der Waals surface area contributed by atoms with Crippen molar-refractivity contribution < 1.29 is 9.53 Å². The van der Waals surface area contributed by atoms with Crippen LogP contribution in [-0.4, -0.2) is 25.3 Å². The average molecular weight is 256 g/mol. The van der Waals surface area contributed by atoms with Crippen LogP contribution in [-0.2, 0) is 4.74 Å². The molecule has 0 aromatic carbocycles. The van der Waals surface area contributed by atoms with Crippen LogP contribution in [0.1, 0.15) is 31.7 Å². The fourth-order valence-corrected chi connectivity index (χ4v) is 2.17. The molecule has 1 rings (SSSR count). The maximum atomic E-state index is 11.5. The van der Waals surface area contributed by atoms with Crippen molar-refractivity contribution in [2.45, 2.75) is 32.4 Å². The highest BCUT2D eigenvalue weighted by Gasteiger charge is 2.17. The van der Waals surface area contributed by atoms with E-state index in [1.165, 1.54) is 4.88 Å². The van der Waals surface area contributed by atoms with E-state index in [-0.39, 0.29) is 12.1 Å². The second-order valence-corrected chi connectivity index (χ2v) is 5.72. The molecule has 0 radical (unpaired) electrons. The number of hydrogen-bond acceptors (Lipinski definition) is 4. The van der Waals surface area contributed by atoms with E-state index in [2.05, 4.69) is 10.6 Å². The van der Waals surface area contributed by atoms with Gasteiger partial charge >= 0.3 is 6.09 Å². The molecule has 0 fully saturated rings. The van der Waals surface area contributed by atoms with Crippen LogP contribution in [0.3, 0.4) is 0 Å². The first-order valence-corrected chi connectivity index (χ1v) is 6.48. The Morgan fingerprint density at radius 1 is 1.53 bits per heavy atom. The SMILES string of the molecule is CNC(CNC(=O)OC(C)(C)C)c1cccs1. The Morgan fingerprint density at radius 3 is 2.71 bits per heavy atom. The van der Waals surface area contributed by atoms with Gasteiger partial charge in [-0.05, 0) is 39.3 Å². The van der Waals surface area contributed by atoms with Gasteiger partial charge in [0.05, 0.1) is 6.04 Å². The van der Waals surface area contributed by atoms with Crippen molar-refractivity contribution in [2.75, 3.05) is 13.6 Å². The number of carbonyl (C=O) groups excluding carboxylic acids is 1. The predicted molar refractivity (Wildman–Crippen MR) is 70.4 cm³/mol. The highest BCUT2D eigenvalue weighted by molar-refractivity contribution is 7.10. The van der Waals surface area contributed by atoms with E-state index in [4.69, 9.17) is 4.74 Å². The lowest BCUT2D eigenvalue weighted by molar-refractivity contribution is 0.0523. The summed E-state index contributed by atoms with van der Waals surface area (Å²) in [4.78, 5) is 12.7. The second kappa shape index (κ2) is 6.02. The highest BCUT2D eigenvalue weighted by atomic mass is 32.1. The van der Waals surface area contributed by atoms with Crippen molar-refractivity contribution in [3.8, 4) is 0 Å².